The number of hydrogen-bond donors (Lipinski definition) is 0. The van der Waals surface area contributed by atoms with E-state index in [2.05, 4.69) is 6.42 Å². The van der Waals surface area contributed by atoms with Crippen molar-refractivity contribution in [1.82, 2.24) is 0 Å². The van der Waals surface area contributed by atoms with Crippen LogP contribution in [-0.2, 0) is 0 Å². The van der Waals surface area contributed by atoms with Crippen LogP contribution in [0.2, 0.25) is 0 Å². The van der Waals surface area contributed by atoms with E-state index < -0.39 is 0 Å². The fourth-order valence-corrected chi connectivity index (χ4v) is 1.16. The van der Waals surface area contributed by atoms with Gasteiger partial charge in [-0.15, -0.1) is 0 Å². The molecule has 0 heterocycles. The van der Waals surface area contributed by atoms with Gasteiger partial charge in [0.15, 0.2) is 0 Å². The molecule has 0 unspecified atom stereocenters. The molecule has 1 aliphatic carbocycles. The van der Waals surface area contributed by atoms with Crippen LogP contribution in [0.5, 0.6) is 0 Å². The van der Waals surface area contributed by atoms with Gasteiger partial charge in [-0.1, -0.05) is 32.1 Å². The van der Waals surface area contributed by atoms with Crippen LogP contribution in [0, 0.1) is 6.42 Å². The molecule has 0 heteroatoms. The molecule has 1 aliphatic rings. The molecule has 0 aromatic heterocycles. The fourth-order valence-electron chi connectivity index (χ4n) is 1.16. The molecule has 8 heavy (non-hydrogen) atoms. The minimum atomic E-state index is 1.25. The molecular formula is C8H14. The van der Waals surface area contributed by atoms with Crippen molar-refractivity contribution in [2.45, 2.75) is 44.9 Å². The molecule has 0 atom stereocenters. The van der Waals surface area contributed by atoms with Gasteiger partial charge in [0.2, 0.25) is 0 Å². The summed E-state index contributed by atoms with van der Waals surface area (Å²) in [6.45, 7) is 0. The Morgan fingerprint density at radius 2 is 1.12 bits per heavy atom. The van der Waals surface area contributed by atoms with Gasteiger partial charge in [-0.05, 0) is 19.3 Å². The molecule has 0 aromatic carbocycles. The number of rotatable bonds is 0. The molecule has 46 valence electrons. The molecule has 0 nitrogen and oxygen atoms in total. The third-order valence-electron chi connectivity index (χ3n) is 1.71. The van der Waals surface area contributed by atoms with Crippen molar-refractivity contribution in [2.24, 2.45) is 0 Å². The molecule has 2 radical (unpaired) electrons. The van der Waals surface area contributed by atoms with E-state index in [1.54, 1.807) is 0 Å². The second-order valence-corrected chi connectivity index (χ2v) is 2.52. The average molecular weight is 110 g/mol. The van der Waals surface area contributed by atoms with Crippen molar-refractivity contribution in [2.75, 3.05) is 0 Å². The lowest BCUT2D eigenvalue weighted by Gasteiger charge is -2.05. The lowest BCUT2D eigenvalue weighted by atomic mass is 10.0. The Bertz CT molecular complexity index is 24.0. The van der Waals surface area contributed by atoms with Crippen LogP contribution in [-0.4, -0.2) is 0 Å². The smallest absolute Gasteiger partial charge is 0.0173 e. The van der Waals surface area contributed by atoms with Gasteiger partial charge in [0.05, 0.1) is 0 Å². The van der Waals surface area contributed by atoms with Crippen LogP contribution in [0.1, 0.15) is 44.9 Å². The van der Waals surface area contributed by atoms with Gasteiger partial charge in [0, 0.05) is 0 Å². The van der Waals surface area contributed by atoms with E-state index in [0.29, 0.717) is 0 Å². The van der Waals surface area contributed by atoms with E-state index >= 15 is 0 Å². The summed E-state index contributed by atoms with van der Waals surface area (Å²) in [6.07, 6.45) is 13.0. The SMILES string of the molecule is [C]1CCCCCCC1. The minimum absolute atomic E-state index is 1.25. The fraction of sp³-hybridized carbons (Fsp3) is 0.875. The molecule has 0 bridgehead atoms. The highest BCUT2D eigenvalue weighted by Crippen LogP contribution is 2.14. The average Bonchev–Trinajstić information content (AvgIpc) is 1.62. The molecule has 0 spiro atoms. The van der Waals surface area contributed by atoms with E-state index in [9.17, 15) is 0 Å². The van der Waals surface area contributed by atoms with Crippen LogP contribution in [0.3, 0.4) is 0 Å². The Labute approximate surface area is 52.3 Å². The highest BCUT2D eigenvalue weighted by molar-refractivity contribution is 4.66. The highest BCUT2D eigenvalue weighted by atomic mass is 14.0. The summed E-state index contributed by atoms with van der Waals surface area (Å²) in [5.74, 6) is 0. The van der Waals surface area contributed by atoms with E-state index in [-0.39, 0.29) is 0 Å². The zero-order valence-corrected chi connectivity index (χ0v) is 5.45. The first-order valence-electron chi connectivity index (χ1n) is 3.71. The summed E-state index contributed by atoms with van der Waals surface area (Å²) in [4.78, 5) is 0. The van der Waals surface area contributed by atoms with Crippen LogP contribution in [0.4, 0.5) is 0 Å². The molecule has 0 aliphatic heterocycles. The van der Waals surface area contributed by atoms with Crippen LogP contribution in [0.25, 0.3) is 0 Å². The van der Waals surface area contributed by atoms with E-state index in [4.69, 9.17) is 0 Å². The maximum atomic E-state index is 3.39. The molecular weight excluding hydrogens is 96.1 g/mol. The molecule has 1 fully saturated rings. The molecule has 0 N–H and O–H groups in total. The van der Waals surface area contributed by atoms with Crippen molar-refractivity contribution in [3.63, 3.8) is 0 Å². The van der Waals surface area contributed by atoms with Crippen LogP contribution < -0.4 is 0 Å². The quantitative estimate of drug-likeness (QED) is 0.450. The first-order chi connectivity index (χ1) is 4.00. The Balaban J connectivity index is 2.00. The summed E-state index contributed by atoms with van der Waals surface area (Å²) in [5, 5.41) is 0. The maximum absolute atomic E-state index is 3.39. The summed E-state index contributed by atoms with van der Waals surface area (Å²) in [7, 11) is 0. The largest absolute Gasteiger partial charge is 0.0533 e. The Hall–Kier alpha value is 0. The zero-order chi connectivity index (χ0) is 5.66. The van der Waals surface area contributed by atoms with E-state index in [0.717, 1.165) is 0 Å². The maximum Gasteiger partial charge on any atom is -0.0173 e. The zero-order valence-electron chi connectivity index (χ0n) is 5.45. The topological polar surface area (TPSA) is 0 Å². The van der Waals surface area contributed by atoms with Crippen LogP contribution >= 0.6 is 0 Å². The van der Waals surface area contributed by atoms with Crippen molar-refractivity contribution in [3.05, 3.63) is 6.42 Å². The van der Waals surface area contributed by atoms with Gasteiger partial charge in [-0.3, -0.25) is 0 Å². The summed E-state index contributed by atoms with van der Waals surface area (Å²) < 4.78 is 0. The number of hydrogen-bond acceptors (Lipinski definition) is 0. The third-order valence-corrected chi connectivity index (χ3v) is 1.71. The Morgan fingerprint density at radius 1 is 0.625 bits per heavy atom. The van der Waals surface area contributed by atoms with Crippen LogP contribution in [0.15, 0.2) is 0 Å². The van der Waals surface area contributed by atoms with Crippen molar-refractivity contribution in [3.8, 4) is 0 Å². The lowest BCUT2D eigenvalue weighted by Crippen LogP contribution is -1.86. The van der Waals surface area contributed by atoms with Gasteiger partial charge >= 0.3 is 0 Å². The van der Waals surface area contributed by atoms with E-state index in [1.165, 1.54) is 44.9 Å². The second-order valence-electron chi connectivity index (χ2n) is 2.52. The predicted molar refractivity (Wildman–Crippen MR) is 35.6 cm³/mol. The van der Waals surface area contributed by atoms with Gasteiger partial charge in [0.25, 0.3) is 0 Å². The van der Waals surface area contributed by atoms with Gasteiger partial charge in [-0.2, -0.15) is 0 Å². The summed E-state index contributed by atoms with van der Waals surface area (Å²) in [6, 6.07) is 0. The predicted octanol–water partition coefficient (Wildman–Crippen LogP) is 2.81. The second kappa shape index (κ2) is 3.94. The molecule has 0 amide bonds. The first kappa shape index (κ1) is 6.12. The molecule has 1 rings (SSSR count). The summed E-state index contributed by atoms with van der Waals surface area (Å²) in [5.41, 5.74) is 0. The Morgan fingerprint density at radius 3 is 1.75 bits per heavy atom. The highest BCUT2D eigenvalue weighted by Gasteiger charge is 1.96. The minimum Gasteiger partial charge on any atom is -0.0533 e. The third kappa shape index (κ3) is 2.34. The van der Waals surface area contributed by atoms with E-state index in [1.807, 2.05) is 0 Å². The van der Waals surface area contributed by atoms with Crippen molar-refractivity contribution >= 4 is 0 Å². The van der Waals surface area contributed by atoms with Gasteiger partial charge in [-0.25, -0.2) is 0 Å². The molecule has 1 saturated carbocycles. The van der Waals surface area contributed by atoms with Gasteiger partial charge < -0.3 is 0 Å². The molecule has 0 aromatic rings. The molecule has 0 saturated heterocycles. The van der Waals surface area contributed by atoms with Crippen molar-refractivity contribution in [1.29, 1.82) is 0 Å². The normalized spacial score (nSPS) is 24.0. The monoisotopic (exact) mass is 110 g/mol. The van der Waals surface area contributed by atoms with Gasteiger partial charge in [0.1, 0.15) is 0 Å². The Kier molecular flexibility index (Phi) is 3.01. The van der Waals surface area contributed by atoms with Crippen molar-refractivity contribution < 1.29 is 0 Å². The summed E-state index contributed by atoms with van der Waals surface area (Å²) >= 11 is 0. The first-order valence-corrected chi connectivity index (χ1v) is 3.71. The standard InChI is InChI=1S/C8H14/c1-2-4-6-8-7-5-3-1/h1-7H2. The lowest BCUT2D eigenvalue weighted by molar-refractivity contribution is 0.565.